The molecule has 2 aromatic rings. The zero-order chi connectivity index (χ0) is 20.6. The summed E-state index contributed by atoms with van der Waals surface area (Å²) in [4.78, 5) is 24.6. The van der Waals surface area contributed by atoms with E-state index in [0.29, 0.717) is 17.5 Å². The van der Waals surface area contributed by atoms with Crippen molar-refractivity contribution in [3.63, 3.8) is 0 Å². The lowest BCUT2D eigenvalue weighted by Crippen LogP contribution is -2.43. The summed E-state index contributed by atoms with van der Waals surface area (Å²) in [6.45, 7) is 0. The highest BCUT2D eigenvalue weighted by atomic mass is 31.2. The Labute approximate surface area is 164 Å². The number of methoxy groups -OCH3 is 1. The summed E-state index contributed by atoms with van der Waals surface area (Å²) in [5, 5.41) is 2.70. The highest BCUT2D eigenvalue weighted by Gasteiger charge is 2.24. The van der Waals surface area contributed by atoms with Gasteiger partial charge in [-0.15, -0.1) is 0 Å². The lowest BCUT2D eigenvalue weighted by molar-refractivity contribution is -0.142. The molecule has 0 bridgehead atoms. The second-order valence-electron chi connectivity index (χ2n) is 6.07. The maximum absolute atomic E-state index is 12.6. The average Bonchev–Trinajstić information content (AvgIpc) is 2.73. The van der Waals surface area contributed by atoms with Crippen molar-refractivity contribution in [2.45, 2.75) is 18.6 Å². The standard InChI is InChI=1S/C20H24NO6P/c1-25-20(23)18(13-15-7-5-4-6-8-15)21-19(22)17-11-9-16(10-12-17)14-28(24,26-2)27-3/h4-12,18H,13-14H2,1-3H3,(H,21,22)/t18-/m1/s1. The third-order valence-corrected chi connectivity index (χ3v) is 6.09. The zero-order valence-corrected chi connectivity index (χ0v) is 17.0. The first-order chi connectivity index (χ1) is 13.4. The summed E-state index contributed by atoms with van der Waals surface area (Å²) in [7, 11) is 0.751. The van der Waals surface area contributed by atoms with Gasteiger partial charge in [0.05, 0.1) is 13.3 Å². The monoisotopic (exact) mass is 405 g/mol. The Balaban J connectivity index is 2.08. The molecule has 0 aliphatic heterocycles. The van der Waals surface area contributed by atoms with Crippen molar-refractivity contribution in [2.24, 2.45) is 0 Å². The number of hydrogen-bond donors (Lipinski definition) is 1. The molecule has 28 heavy (non-hydrogen) atoms. The van der Waals surface area contributed by atoms with Gasteiger partial charge in [-0.1, -0.05) is 42.5 Å². The predicted octanol–water partition coefficient (Wildman–Crippen LogP) is 3.19. The van der Waals surface area contributed by atoms with Crippen molar-refractivity contribution < 1.29 is 27.9 Å². The van der Waals surface area contributed by atoms with E-state index in [9.17, 15) is 14.2 Å². The molecule has 150 valence electrons. The van der Waals surface area contributed by atoms with Crippen molar-refractivity contribution in [2.75, 3.05) is 21.3 Å². The highest BCUT2D eigenvalue weighted by Crippen LogP contribution is 2.49. The Kier molecular flexibility index (Phi) is 7.93. The second-order valence-corrected chi connectivity index (χ2v) is 8.34. The lowest BCUT2D eigenvalue weighted by Gasteiger charge is -2.17. The Morgan fingerprint density at radius 2 is 1.54 bits per heavy atom. The van der Waals surface area contributed by atoms with Gasteiger partial charge in [-0.2, -0.15) is 0 Å². The molecule has 0 saturated heterocycles. The van der Waals surface area contributed by atoms with Crippen molar-refractivity contribution >= 4 is 19.5 Å². The number of carbonyl (C=O) groups excluding carboxylic acids is 2. The number of nitrogens with one attached hydrogen (secondary N) is 1. The number of benzene rings is 2. The minimum atomic E-state index is -3.18. The highest BCUT2D eigenvalue weighted by molar-refractivity contribution is 7.52. The van der Waals surface area contributed by atoms with Crippen LogP contribution in [0.4, 0.5) is 0 Å². The number of amides is 1. The van der Waals surface area contributed by atoms with Gasteiger partial charge in [0, 0.05) is 26.2 Å². The van der Waals surface area contributed by atoms with Gasteiger partial charge < -0.3 is 19.1 Å². The van der Waals surface area contributed by atoms with Crippen LogP contribution in [-0.2, 0) is 35.7 Å². The molecule has 0 aliphatic rings. The molecule has 0 aromatic heterocycles. The van der Waals surface area contributed by atoms with Gasteiger partial charge in [0.1, 0.15) is 6.04 Å². The molecule has 0 fully saturated rings. The topological polar surface area (TPSA) is 90.9 Å². The Bertz CT molecular complexity index is 830. The summed E-state index contributed by atoms with van der Waals surface area (Å²) in [5.74, 6) is -0.922. The van der Waals surface area contributed by atoms with Crippen LogP contribution < -0.4 is 5.32 Å². The van der Waals surface area contributed by atoms with Gasteiger partial charge in [-0.25, -0.2) is 4.79 Å². The van der Waals surface area contributed by atoms with E-state index >= 15 is 0 Å². The molecule has 0 spiro atoms. The van der Waals surface area contributed by atoms with Crippen LogP contribution in [0.2, 0.25) is 0 Å². The summed E-state index contributed by atoms with van der Waals surface area (Å²) in [5.41, 5.74) is 1.98. The maximum Gasteiger partial charge on any atom is 0.334 e. The van der Waals surface area contributed by atoms with E-state index in [4.69, 9.17) is 13.8 Å². The van der Waals surface area contributed by atoms with Gasteiger partial charge in [0.15, 0.2) is 0 Å². The van der Waals surface area contributed by atoms with Crippen molar-refractivity contribution in [3.05, 3.63) is 71.3 Å². The van der Waals surface area contributed by atoms with E-state index in [1.54, 1.807) is 24.3 Å². The fourth-order valence-electron chi connectivity index (χ4n) is 2.62. The first kappa shape index (κ1) is 21.8. The first-order valence-electron chi connectivity index (χ1n) is 8.63. The second kappa shape index (κ2) is 10.2. The average molecular weight is 405 g/mol. The zero-order valence-electron chi connectivity index (χ0n) is 16.1. The van der Waals surface area contributed by atoms with Crippen LogP contribution in [0.5, 0.6) is 0 Å². The van der Waals surface area contributed by atoms with Gasteiger partial charge in [0.2, 0.25) is 0 Å². The molecular weight excluding hydrogens is 381 g/mol. The van der Waals surface area contributed by atoms with Crippen molar-refractivity contribution in [1.82, 2.24) is 5.32 Å². The molecule has 2 aromatic carbocycles. The van der Waals surface area contributed by atoms with Crippen LogP contribution in [0.3, 0.4) is 0 Å². The van der Waals surface area contributed by atoms with E-state index in [1.807, 2.05) is 30.3 Å². The fraction of sp³-hybridized carbons (Fsp3) is 0.300. The van der Waals surface area contributed by atoms with Crippen LogP contribution in [0.15, 0.2) is 54.6 Å². The normalized spacial score (nSPS) is 12.2. The van der Waals surface area contributed by atoms with Crippen LogP contribution in [0.25, 0.3) is 0 Å². The Morgan fingerprint density at radius 1 is 0.929 bits per heavy atom. The van der Waals surface area contributed by atoms with Crippen molar-refractivity contribution in [3.8, 4) is 0 Å². The minimum Gasteiger partial charge on any atom is -0.467 e. The Morgan fingerprint density at radius 3 is 2.07 bits per heavy atom. The number of ether oxygens (including phenoxy) is 1. The number of esters is 1. The molecule has 7 nitrogen and oxygen atoms in total. The third-order valence-electron chi connectivity index (χ3n) is 4.22. The SMILES string of the molecule is COC(=O)[C@@H](Cc1ccccc1)NC(=O)c1ccc(CP(=O)(OC)OC)cc1. The number of carbonyl (C=O) groups is 2. The van der Waals surface area contributed by atoms with E-state index in [2.05, 4.69) is 5.32 Å². The van der Waals surface area contributed by atoms with Gasteiger partial charge >= 0.3 is 13.6 Å². The lowest BCUT2D eigenvalue weighted by atomic mass is 10.1. The minimum absolute atomic E-state index is 0.0979. The molecule has 1 N–H and O–H groups in total. The summed E-state index contributed by atoms with van der Waals surface area (Å²) in [6, 6.07) is 15.1. The summed E-state index contributed by atoms with van der Waals surface area (Å²) < 4.78 is 26.8. The summed E-state index contributed by atoms with van der Waals surface area (Å²) >= 11 is 0. The number of rotatable bonds is 9. The van der Waals surface area contributed by atoms with Crippen LogP contribution in [0, 0.1) is 0 Å². The molecule has 0 radical (unpaired) electrons. The van der Waals surface area contributed by atoms with Crippen LogP contribution >= 0.6 is 7.60 Å². The maximum atomic E-state index is 12.6. The van der Waals surface area contributed by atoms with E-state index in [-0.39, 0.29) is 6.16 Å². The van der Waals surface area contributed by atoms with Gasteiger partial charge in [-0.3, -0.25) is 9.36 Å². The van der Waals surface area contributed by atoms with Crippen LogP contribution in [0.1, 0.15) is 21.5 Å². The first-order valence-corrected chi connectivity index (χ1v) is 10.4. The fourth-order valence-corrected chi connectivity index (χ4v) is 3.68. The van der Waals surface area contributed by atoms with Crippen molar-refractivity contribution in [1.29, 1.82) is 0 Å². The molecular formula is C20H24NO6P. The molecule has 0 unspecified atom stereocenters. The van der Waals surface area contributed by atoms with E-state index in [0.717, 1.165) is 5.56 Å². The molecule has 1 atom stereocenters. The molecule has 0 aliphatic carbocycles. The molecule has 0 heterocycles. The van der Waals surface area contributed by atoms with Crippen LogP contribution in [-0.4, -0.2) is 39.2 Å². The third kappa shape index (κ3) is 6.02. The van der Waals surface area contributed by atoms with E-state index in [1.165, 1.54) is 21.3 Å². The Hall–Kier alpha value is -2.47. The van der Waals surface area contributed by atoms with E-state index < -0.39 is 25.5 Å². The quantitative estimate of drug-likeness (QED) is 0.509. The molecule has 8 heteroatoms. The number of hydrogen-bond acceptors (Lipinski definition) is 6. The molecule has 1 amide bonds. The molecule has 2 rings (SSSR count). The smallest absolute Gasteiger partial charge is 0.334 e. The predicted molar refractivity (Wildman–Crippen MR) is 105 cm³/mol. The van der Waals surface area contributed by atoms with Gasteiger partial charge in [-0.05, 0) is 23.3 Å². The summed E-state index contributed by atoms with van der Waals surface area (Å²) in [6.07, 6.45) is 0.420. The largest absolute Gasteiger partial charge is 0.467 e. The van der Waals surface area contributed by atoms with Gasteiger partial charge in [0.25, 0.3) is 5.91 Å². The molecule has 0 saturated carbocycles.